The van der Waals surface area contributed by atoms with Crippen LogP contribution in [0.15, 0.2) is 71.9 Å². The van der Waals surface area contributed by atoms with E-state index in [0.717, 1.165) is 0 Å². The van der Waals surface area contributed by atoms with Gasteiger partial charge in [-0.25, -0.2) is 19.3 Å². The molecule has 0 saturated carbocycles. The van der Waals surface area contributed by atoms with Gasteiger partial charge in [0.2, 0.25) is 5.95 Å². The predicted molar refractivity (Wildman–Crippen MR) is 138 cm³/mol. The van der Waals surface area contributed by atoms with Gasteiger partial charge < -0.3 is 11.1 Å². The van der Waals surface area contributed by atoms with Gasteiger partial charge in [0.1, 0.15) is 29.1 Å². The van der Waals surface area contributed by atoms with Gasteiger partial charge in [-0.05, 0) is 49.1 Å². The van der Waals surface area contributed by atoms with E-state index in [2.05, 4.69) is 25.3 Å². The Kier molecular flexibility index (Phi) is 6.03. The van der Waals surface area contributed by atoms with E-state index < -0.39 is 11.9 Å². The molecule has 9 nitrogen and oxygen atoms in total. The molecule has 182 valence electrons. The molecular formula is C27H21FN8O. The van der Waals surface area contributed by atoms with Gasteiger partial charge in [0, 0.05) is 23.7 Å². The summed E-state index contributed by atoms with van der Waals surface area (Å²) in [6.45, 7) is 3.60. The number of benzene rings is 2. The van der Waals surface area contributed by atoms with E-state index in [1.165, 1.54) is 22.9 Å². The molecule has 3 heterocycles. The molecule has 10 heteroatoms. The molecule has 0 aliphatic rings. The van der Waals surface area contributed by atoms with Crippen LogP contribution in [0.5, 0.6) is 0 Å². The summed E-state index contributed by atoms with van der Waals surface area (Å²) in [5, 5.41) is 13.8. The first kappa shape index (κ1) is 23.6. The Labute approximate surface area is 211 Å². The summed E-state index contributed by atoms with van der Waals surface area (Å²) in [6, 6.07) is 14.7. The molecule has 0 aliphatic heterocycles. The highest BCUT2D eigenvalue weighted by atomic mass is 19.1. The lowest BCUT2D eigenvalue weighted by atomic mass is 9.99. The second kappa shape index (κ2) is 9.47. The van der Waals surface area contributed by atoms with Crippen LogP contribution in [0.25, 0.3) is 27.6 Å². The molecule has 0 radical (unpaired) electrons. The molecular weight excluding hydrogens is 471 g/mol. The maximum atomic E-state index is 14.3. The zero-order valence-electron chi connectivity index (χ0n) is 20.0. The molecule has 0 amide bonds. The maximum absolute atomic E-state index is 14.3. The molecule has 5 rings (SSSR count). The van der Waals surface area contributed by atoms with Gasteiger partial charge in [-0.3, -0.25) is 9.36 Å². The van der Waals surface area contributed by atoms with Crippen LogP contribution in [0.2, 0.25) is 0 Å². The molecule has 3 N–H and O–H groups in total. The number of nitrogens with one attached hydrogen (secondary N) is 1. The number of fused-ring (bicyclic) bond motifs is 1. The molecule has 5 aromatic rings. The smallest absolute Gasteiger partial charge is 0.263 e. The van der Waals surface area contributed by atoms with Crippen LogP contribution < -0.4 is 16.6 Å². The van der Waals surface area contributed by atoms with Crippen molar-refractivity contribution < 1.29 is 4.39 Å². The van der Waals surface area contributed by atoms with Crippen molar-refractivity contribution in [2.24, 2.45) is 0 Å². The number of nitrogens with two attached hydrogens (primary N) is 1. The highest BCUT2D eigenvalue weighted by molar-refractivity contribution is 5.96. The lowest BCUT2D eigenvalue weighted by molar-refractivity contribution is 0.625. The van der Waals surface area contributed by atoms with Gasteiger partial charge >= 0.3 is 0 Å². The van der Waals surface area contributed by atoms with E-state index in [1.54, 1.807) is 31.5 Å². The molecule has 0 unspecified atom stereocenters. The van der Waals surface area contributed by atoms with Crippen molar-refractivity contribution in [2.45, 2.75) is 19.9 Å². The standard InChI is InChI=1S/C27H21FN8O/c1-15(34-25-18(11-29)12-33-27(30)35-25)23-9-17-5-3-8-22(19-13-31-16(2)32-14-19)24(17)26(37)36(23)21-7-4-6-20(28)10-21/h3-10,12-15H,1-2H3,(H3,30,33,34,35)/t15-/m0/s1. The van der Waals surface area contributed by atoms with Gasteiger partial charge in [-0.1, -0.05) is 24.3 Å². The van der Waals surface area contributed by atoms with E-state index in [0.29, 0.717) is 39.1 Å². The van der Waals surface area contributed by atoms with Crippen molar-refractivity contribution in [3.63, 3.8) is 0 Å². The highest BCUT2D eigenvalue weighted by Gasteiger charge is 2.20. The number of nitrogen functional groups attached to an aromatic ring is 1. The summed E-state index contributed by atoms with van der Waals surface area (Å²) < 4.78 is 15.7. The van der Waals surface area contributed by atoms with Crippen molar-refractivity contribution in [1.82, 2.24) is 24.5 Å². The van der Waals surface area contributed by atoms with Crippen LogP contribution in [0.1, 0.15) is 30.0 Å². The third-order valence-corrected chi connectivity index (χ3v) is 5.96. The van der Waals surface area contributed by atoms with Crippen molar-refractivity contribution >= 4 is 22.5 Å². The maximum Gasteiger partial charge on any atom is 0.263 e. The Hall–Kier alpha value is -5.17. The molecule has 0 saturated heterocycles. The average molecular weight is 493 g/mol. The van der Waals surface area contributed by atoms with E-state index in [4.69, 9.17) is 5.73 Å². The summed E-state index contributed by atoms with van der Waals surface area (Å²) in [5.41, 5.74) is 7.82. The Bertz CT molecular complexity index is 1740. The number of aryl methyl sites for hydroxylation is 1. The van der Waals surface area contributed by atoms with Gasteiger partial charge in [0.25, 0.3) is 5.56 Å². The van der Waals surface area contributed by atoms with Gasteiger partial charge in [-0.15, -0.1) is 0 Å². The summed E-state index contributed by atoms with van der Waals surface area (Å²) in [7, 11) is 0. The SMILES string of the molecule is Cc1ncc(-c2cccc3cc([C@H](C)Nc4nc(N)ncc4C#N)n(-c4cccc(F)c4)c(=O)c23)cn1. The van der Waals surface area contributed by atoms with Crippen LogP contribution in [-0.4, -0.2) is 24.5 Å². The lowest BCUT2D eigenvalue weighted by Gasteiger charge is -2.22. The highest BCUT2D eigenvalue weighted by Crippen LogP contribution is 2.30. The van der Waals surface area contributed by atoms with Crippen LogP contribution in [0.4, 0.5) is 16.2 Å². The van der Waals surface area contributed by atoms with Crippen LogP contribution >= 0.6 is 0 Å². The van der Waals surface area contributed by atoms with Crippen molar-refractivity contribution in [2.75, 3.05) is 11.1 Å². The van der Waals surface area contributed by atoms with Crippen molar-refractivity contribution in [3.05, 3.63) is 100 Å². The Morgan fingerprint density at radius 3 is 2.57 bits per heavy atom. The number of pyridine rings is 1. The number of aromatic nitrogens is 5. The molecule has 0 fully saturated rings. The summed E-state index contributed by atoms with van der Waals surface area (Å²) in [6.07, 6.45) is 4.67. The largest absolute Gasteiger partial charge is 0.368 e. The number of hydrogen-bond donors (Lipinski definition) is 2. The zero-order chi connectivity index (χ0) is 26.1. The Balaban J connectivity index is 1.76. The number of hydrogen-bond acceptors (Lipinski definition) is 8. The summed E-state index contributed by atoms with van der Waals surface area (Å²) in [4.78, 5) is 30.7. The van der Waals surface area contributed by atoms with E-state index in [1.807, 2.05) is 37.3 Å². The number of nitrogens with zero attached hydrogens (tertiary/aromatic N) is 6. The topological polar surface area (TPSA) is 135 Å². The van der Waals surface area contributed by atoms with E-state index in [-0.39, 0.29) is 22.9 Å². The fourth-order valence-corrected chi connectivity index (χ4v) is 4.22. The van der Waals surface area contributed by atoms with Crippen LogP contribution in [0, 0.1) is 24.1 Å². The van der Waals surface area contributed by atoms with E-state index in [9.17, 15) is 14.4 Å². The molecule has 0 spiro atoms. The molecule has 0 aliphatic carbocycles. The fraction of sp³-hybridized carbons (Fsp3) is 0.111. The first-order chi connectivity index (χ1) is 17.9. The quantitative estimate of drug-likeness (QED) is 0.370. The zero-order valence-corrected chi connectivity index (χ0v) is 20.0. The second-order valence-corrected chi connectivity index (χ2v) is 8.45. The molecule has 37 heavy (non-hydrogen) atoms. The van der Waals surface area contributed by atoms with Gasteiger partial charge in [0.15, 0.2) is 0 Å². The molecule has 3 aromatic heterocycles. The molecule has 1 atom stereocenters. The van der Waals surface area contributed by atoms with Crippen LogP contribution in [0.3, 0.4) is 0 Å². The minimum atomic E-state index is -0.534. The molecule has 0 bridgehead atoms. The number of anilines is 2. The number of nitriles is 1. The van der Waals surface area contributed by atoms with Crippen LogP contribution in [-0.2, 0) is 0 Å². The Morgan fingerprint density at radius 2 is 1.84 bits per heavy atom. The van der Waals surface area contributed by atoms with Gasteiger partial charge in [-0.2, -0.15) is 10.2 Å². The third kappa shape index (κ3) is 4.46. The monoisotopic (exact) mass is 492 g/mol. The average Bonchev–Trinajstić information content (AvgIpc) is 2.89. The normalized spacial score (nSPS) is 11.7. The van der Waals surface area contributed by atoms with Gasteiger partial charge in [0.05, 0.1) is 23.3 Å². The lowest BCUT2D eigenvalue weighted by Crippen LogP contribution is -2.26. The number of halogens is 1. The second-order valence-electron chi connectivity index (χ2n) is 8.45. The van der Waals surface area contributed by atoms with E-state index >= 15 is 0 Å². The van der Waals surface area contributed by atoms with Crippen molar-refractivity contribution in [1.29, 1.82) is 5.26 Å². The minimum Gasteiger partial charge on any atom is -0.368 e. The summed E-state index contributed by atoms with van der Waals surface area (Å²) in [5.74, 6) is 0.364. The fourth-order valence-electron chi connectivity index (χ4n) is 4.22. The molecule has 2 aromatic carbocycles. The minimum absolute atomic E-state index is 0.000286. The number of rotatable bonds is 5. The van der Waals surface area contributed by atoms with Crippen molar-refractivity contribution in [3.8, 4) is 22.9 Å². The first-order valence-corrected chi connectivity index (χ1v) is 11.4. The predicted octanol–water partition coefficient (Wildman–Crippen LogP) is 4.31. The Morgan fingerprint density at radius 1 is 1.08 bits per heavy atom. The third-order valence-electron chi connectivity index (χ3n) is 5.96. The summed E-state index contributed by atoms with van der Waals surface area (Å²) >= 11 is 0. The first-order valence-electron chi connectivity index (χ1n) is 11.4.